The highest BCUT2D eigenvalue weighted by atomic mass is 16.7. The lowest BCUT2D eigenvalue weighted by atomic mass is 9.98. The summed E-state index contributed by atoms with van der Waals surface area (Å²) in [5, 5.41) is 75.9. The lowest BCUT2D eigenvalue weighted by Gasteiger charge is -2.40. The van der Waals surface area contributed by atoms with Crippen molar-refractivity contribution in [3.05, 3.63) is 0 Å². The molecule has 0 aliphatic carbocycles. The summed E-state index contributed by atoms with van der Waals surface area (Å²) in [4.78, 5) is 13.1. The van der Waals surface area contributed by atoms with Gasteiger partial charge in [-0.1, -0.05) is 245 Å². The first kappa shape index (κ1) is 60.1. The van der Waals surface area contributed by atoms with Crippen molar-refractivity contribution in [2.24, 2.45) is 0 Å². The molecule has 0 bridgehead atoms. The number of carbonyl (C=O) groups is 1. The van der Waals surface area contributed by atoms with E-state index in [1.54, 1.807) is 0 Å². The molecule has 0 radical (unpaired) electrons. The Morgan fingerprint density at radius 3 is 1.17 bits per heavy atom. The van der Waals surface area contributed by atoms with Crippen LogP contribution in [0.15, 0.2) is 0 Å². The summed E-state index contributed by atoms with van der Waals surface area (Å²) in [6, 6.07) is -1.16. The Hall–Kier alpha value is -0.890. The number of unbranched alkanes of at least 4 members (excludes halogenated alkanes) is 34. The first-order valence-corrected chi connectivity index (χ1v) is 26.9. The van der Waals surface area contributed by atoms with Gasteiger partial charge in [0.15, 0.2) is 6.29 Å². The predicted octanol–water partition coefficient (Wildman–Crippen LogP) is 10.2. The molecule has 0 unspecified atom stereocenters. The van der Waals surface area contributed by atoms with Gasteiger partial charge in [-0.05, 0) is 12.8 Å². The minimum Gasteiger partial charge on any atom is -0.394 e. The highest BCUT2D eigenvalue weighted by Gasteiger charge is 2.44. The molecule has 0 aromatic heterocycles. The molecule has 1 fully saturated rings. The van der Waals surface area contributed by atoms with E-state index in [0.717, 1.165) is 38.5 Å². The van der Waals surface area contributed by atoms with Gasteiger partial charge in [0.05, 0.1) is 25.4 Å². The van der Waals surface area contributed by atoms with Gasteiger partial charge in [0.1, 0.15) is 36.6 Å². The standard InChI is InChI=1S/C52H103NO10/c1-3-5-7-9-11-13-15-17-19-20-21-22-23-24-25-26-28-30-32-34-36-38-40-45(56)51(61)53-43(42-62-52-50(60)49(59)48(58)46(41-54)63-52)47(57)44(55)39-37-35-33-31-29-27-18-16-14-12-10-8-6-4-2/h43-50,52,54-60H,3-42H2,1-2H3,(H,53,61)/t43-,44+,45+,46+,47-,48-,49-,50+,52-/m0/s1. The zero-order chi connectivity index (χ0) is 46.2. The summed E-state index contributed by atoms with van der Waals surface area (Å²) in [5.41, 5.74) is 0. The maximum Gasteiger partial charge on any atom is 0.249 e. The van der Waals surface area contributed by atoms with Crippen LogP contribution in [-0.2, 0) is 14.3 Å². The highest BCUT2D eigenvalue weighted by Crippen LogP contribution is 2.23. The van der Waals surface area contributed by atoms with Gasteiger partial charge in [0, 0.05) is 0 Å². The van der Waals surface area contributed by atoms with Gasteiger partial charge in [-0.15, -0.1) is 0 Å². The minimum absolute atomic E-state index is 0.267. The molecule has 0 aromatic carbocycles. The molecule has 1 heterocycles. The first-order chi connectivity index (χ1) is 30.7. The lowest BCUT2D eigenvalue weighted by molar-refractivity contribution is -0.303. The van der Waals surface area contributed by atoms with E-state index in [1.807, 2.05) is 0 Å². The summed E-state index contributed by atoms with van der Waals surface area (Å²) in [6.45, 7) is 3.48. The van der Waals surface area contributed by atoms with Crippen LogP contribution in [0.4, 0.5) is 0 Å². The molecule has 1 saturated heterocycles. The number of ether oxygens (including phenoxy) is 2. The van der Waals surface area contributed by atoms with Gasteiger partial charge in [-0.25, -0.2) is 0 Å². The van der Waals surface area contributed by atoms with Crippen molar-refractivity contribution in [1.29, 1.82) is 0 Å². The fourth-order valence-electron chi connectivity index (χ4n) is 8.97. The number of hydrogen-bond donors (Lipinski definition) is 8. The molecule has 11 nitrogen and oxygen atoms in total. The van der Waals surface area contributed by atoms with E-state index in [9.17, 15) is 40.5 Å². The molecular weight excluding hydrogens is 799 g/mol. The molecule has 1 rings (SSSR count). The summed E-state index contributed by atoms with van der Waals surface area (Å²) >= 11 is 0. The number of amides is 1. The van der Waals surface area contributed by atoms with Gasteiger partial charge in [0.2, 0.25) is 5.91 Å². The molecule has 1 amide bonds. The van der Waals surface area contributed by atoms with E-state index < -0.39 is 74.2 Å². The molecular formula is C52H103NO10. The summed E-state index contributed by atoms with van der Waals surface area (Å²) in [6.07, 6.45) is 34.4. The van der Waals surface area contributed by atoms with Crippen molar-refractivity contribution in [2.75, 3.05) is 13.2 Å². The summed E-state index contributed by atoms with van der Waals surface area (Å²) < 4.78 is 11.1. The monoisotopic (exact) mass is 902 g/mol. The van der Waals surface area contributed by atoms with Crippen molar-refractivity contribution in [1.82, 2.24) is 5.32 Å². The highest BCUT2D eigenvalue weighted by molar-refractivity contribution is 5.80. The van der Waals surface area contributed by atoms with Crippen molar-refractivity contribution in [3.63, 3.8) is 0 Å². The second kappa shape index (κ2) is 42.5. The predicted molar refractivity (Wildman–Crippen MR) is 256 cm³/mol. The Bertz CT molecular complexity index is 991. The fourth-order valence-corrected chi connectivity index (χ4v) is 8.97. The normalized spacial score (nSPS) is 21.1. The second-order valence-corrected chi connectivity index (χ2v) is 19.3. The van der Waals surface area contributed by atoms with Crippen LogP contribution in [0.3, 0.4) is 0 Å². The third kappa shape index (κ3) is 31.7. The number of carbonyl (C=O) groups excluding carboxylic acids is 1. The molecule has 0 saturated carbocycles. The minimum atomic E-state index is -1.66. The van der Waals surface area contributed by atoms with E-state index >= 15 is 0 Å². The van der Waals surface area contributed by atoms with Crippen molar-refractivity contribution < 1.29 is 50.0 Å². The third-order valence-corrected chi connectivity index (χ3v) is 13.4. The van der Waals surface area contributed by atoms with Crippen LogP contribution in [0.2, 0.25) is 0 Å². The van der Waals surface area contributed by atoms with Gasteiger partial charge in [0.25, 0.3) is 0 Å². The topological polar surface area (TPSA) is 189 Å². The molecule has 8 N–H and O–H groups in total. The van der Waals surface area contributed by atoms with Gasteiger partial charge < -0.3 is 50.5 Å². The Morgan fingerprint density at radius 2 is 0.825 bits per heavy atom. The van der Waals surface area contributed by atoms with E-state index in [2.05, 4.69) is 19.2 Å². The lowest BCUT2D eigenvalue weighted by Crippen LogP contribution is -2.60. The number of nitrogens with one attached hydrogen (secondary N) is 1. The van der Waals surface area contributed by atoms with E-state index in [1.165, 1.54) is 180 Å². The largest absolute Gasteiger partial charge is 0.394 e. The van der Waals surface area contributed by atoms with Crippen LogP contribution in [0.25, 0.3) is 0 Å². The molecule has 376 valence electrons. The quantitative estimate of drug-likeness (QED) is 0.0273. The average Bonchev–Trinajstić information content (AvgIpc) is 3.28. The average molecular weight is 902 g/mol. The van der Waals surface area contributed by atoms with Crippen LogP contribution in [0.5, 0.6) is 0 Å². The molecule has 1 aliphatic rings. The third-order valence-electron chi connectivity index (χ3n) is 13.4. The number of rotatable bonds is 46. The van der Waals surface area contributed by atoms with E-state index in [4.69, 9.17) is 9.47 Å². The van der Waals surface area contributed by atoms with E-state index in [0.29, 0.717) is 19.3 Å². The van der Waals surface area contributed by atoms with Crippen molar-refractivity contribution in [3.8, 4) is 0 Å². The first-order valence-electron chi connectivity index (χ1n) is 26.9. The Balaban J connectivity index is 2.32. The van der Waals surface area contributed by atoms with Crippen LogP contribution in [0.1, 0.15) is 258 Å². The molecule has 63 heavy (non-hydrogen) atoms. The Kier molecular flexibility index (Phi) is 40.5. The number of hydrogen-bond acceptors (Lipinski definition) is 10. The number of aliphatic hydroxyl groups excluding tert-OH is 7. The van der Waals surface area contributed by atoms with Gasteiger partial charge >= 0.3 is 0 Å². The molecule has 0 aromatic rings. The molecule has 0 spiro atoms. The van der Waals surface area contributed by atoms with E-state index in [-0.39, 0.29) is 6.42 Å². The second-order valence-electron chi connectivity index (χ2n) is 19.3. The molecule has 1 aliphatic heterocycles. The summed E-state index contributed by atoms with van der Waals surface area (Å²) in [5.74, 6) is -0.691. The van der Waals surface area contributed by atoms with Crippen LogP contribution >= 0.6 is 0 Å². The van der Waals surface area contributed by atoms with Crippen molar-refractivity contribution >= 4 is 5.91 Å². The number of aliphatic hydroxyl groups is 7. The smallest absolute Gasteiger partial charge is 0.249 e. The maximum atomic E-state index is 13.1. The molecule has 11 heteroatoms. The van der Waals surface area contributed by atoms with Crippen LogP contribution < -0.4 is 5.32 Å². The zero-order valence-corrected chi connectivity index (χ0v) is 40.8. The fraction of sp³-hybridized carbons (Fsp3) is 0.981. The van der Waals surface area contributed by atoms with Crippen LogP contribution in [0, 0.1) is 0 Å². The zero-order valence-electron chi connectivity index (χ0n) is 40.8. The van der Waals surface area contributed by atoms with Crippen LogP contribution in [-0.4, -0.2) is 110 Å². The van der Waals surface area contributed by atoms with Gasteiger partial charge in [-0.3, -0.25) is 4.79 Å². The molecule has 9 atom stereocenters. The maximum absolute atomic E-state index is 13.1. The SMILES string of the molecule is CCCCCCCCCCCCCCCCCCCCCCCC[C@@H](O)C(=O)N[C@@H](CO[C@H]1O[C@H](CO)[C@H](O)[C@H](O)[C@H]1O)[C@H](O)[C@H](O)CCCCCCCCCCCCCCCC. The summed E-state index contributed by atoms with van der Waals surface area (Å²) in [7, 11) is 0. The Labute approximate surface area is 386 Å². The van der Waals surface area contributed by atoms with Gasteiger partial charge in [-0.2, -0.15) is 0 Å². The van der Waals surface area contributed by atoms with Crippen molar-refractivity contribution in [2.45, 2.75) is 313 Å². The Morgan fingerprint density at radius 1 is 0.492 bits per heavy atom.